The van der Waals surface area contributed by atoms with E-state index in [-0.39, 0.29) is 23.2 Å². The van der Waals surface area contributed by atoms with E-state index in [1.54, 1.807) is 0 Å². The van der Waals surface area contributed by atoms with Crippen LogP contribution in [0.4, 0.5) is 0 Å². The van der Waals surface area contributed by atoms with E-state index in [1.807, 2.05) is 12.1 Å². The third-order valence-electron chi connectivity index (χ3n) is 5.23. The zero-order valence-corrected chi connectivity index (χ0v) is 17.5. The number of carbonyl (C=O) groups excluding carboxylic acids is 1. The van der Waals surface area contributed by atoms with E-state index in [0.29, 0.717) is 6.61 Å². The van der Waals surface area contributed by atoms with Crippen molar-refractivity contribution in [3.05, 3.63) is 48.0 Å². The molecule has 1 heterocycles. The lowest BCUT2D eigenvalue weighted by molar-refractivity contribution is -0.308. The van der Waals surface area contributed by atoms with Crippen LogP contribution in [0, 0.1) is 0 Å². The zero-order chi connectivity index (χ0) is 19.9. The van der Waals surface area contributed by atoms with Crippen molar-refractivity contribution in [3.8, 4) is 0 Å². The van der Waals surface area contributed by atoms with Crippen LogP contribution in [-0.4, -0.2) is 28.7 Å². The molecule has 1 fully saturated rings. The molecule has 0 radical (unpaired) electrons. The van der Waals surface area contributed by atoms with Gasteiger partial charge in [-0.2, -0.15) is 5.06 Å². The van der Waals surface area contributed by atoms with Crippen LogP contribution in [0.15, 0.2) is 42.5 Å². The molecule has 0 spiro atoms. The minimum atomic E-state index is -0.250. The molecule has 1 atom stereocenters. The third kappa shape index (κ3) is 6.47. The Hall–Kier alpha value is -1.65. The van der Waals surface area contributed by atoms with Crippen molar-refractivity contribution in [3.63, 3.8) is 0 Å². The molecule has 0 amide bonds. The molecule has 1 aliphatic rings. The first-order valence-corrected chi connectivity index (χ1v) is 10.0. The Labute approximate surface area is 164 Å². The molecule has 0 aromatic heterocycles. The number of rotatable bonds is 8. The summed E-state index contributed by atoms with van der Waals surface area (Å²) in [6.07, 6.45) is 9.22. The number of allylic oxidation sites excluding steroid dienone is 1. The number of benzene rings is 1. The van der Waals surface area contributed by atoms with Crippen molar-refractivity contribution in [2.24, 2.45) is 0 Å². The summed E-state index contributed by atoms with van der Waals surface area (Å²) in [6.45, 7) is 10.8. The second kappa shape index (κ2) is 9.52. The van der Waals surface area contributed by atoms with Gasteiger partial charge in [0.05, 0.1) is 0 Å². The Morgan fingerprint density at radius 2 is 1.74 bits per heavy atom. The fourth-order valence-electron chi connectivity index (χ4n) is 3.94. The van der Waals surface area contributed by atoms with E-state index in [2.05, 4.69) is 63.1 Å². The molecular formula is C23H35NO3. The van der Waals surface area contributed by atoms with E-state index >= 15 is 0 Å². The van der Waals surface area contributed by atoms with Crippen LogP contribution in [0.3, 0.4) is 0 Å². The molecular weight excluding hydrogens is 338 g/mol. The van der Waals surface area contributed by atoms with Gasteiger partial charge in [-0.3, -0.25) is 9.63 Å². The first-order valence-electron chi connectivity index (χ1n) is 10.0. The van der Waals surface area contributed by atoms with E-state index in [4.69, 9.17) is 9.57 Å². The average Bonchev–Trinajstić information content (AvgIpc) is 2.59. The lowest BCUT2D eigenvalue weighted by Gasteiger charge is -2.52. The highest BCUT2D eigenvalue weighted by Crippen LogP contribution is 2.41. The molecule has 4 nitrogen and oxygen atoms in total. The molecule has 27 heavy (non-hydrogen) atoms. The maximum atomic E-state index is 10.8. The number of hydroxylamine groups is 2. The molecule has 0 bridgehead atoms. The van der Waals surface area contributed by atoms with Gasteiger partial charge in [0.15, 0.2) is 0 Å². The summed E-state index contributed by atoms with van der Waals surface area (Å²) in [5.74, 6) is -0.250. The van der Waals surface area contributed by atoms with Crippen LogP contribution >= 0.6 is 0 Å². The largest absolute Gasteiger partial charge is 0.462 e. The quantitative estimate of drug-likeness (QED) is 0.439. The van der Waals surface area contributed by atoms with Gasteiger partial charge < -0.3 is 4.74 Å². The number of ether oxygens (including phenoxy) is 1. The Morgan fingerprint density at radius 1 is 1.11 bits per heavy atom. The maximum Gasteiger partial charge on any atom is 0.302 e. The van der Waals surface area contributed by atoms with Gasteiger partial charge in [0.1, 0.15) is 12.7 Å². The maximum absolute atomic E-state index is 10.8. The summed E-state index contributed by atoms with van der Waals surface area (Å²) in [6, 6.07) is 10.4. The standard InChI is InChI=1S/C23H35NO3/c1-19(25)26-18-11-7-10-15-21(20-13-8-6-9-14-20)27-24-22(2,3)16-12-17-23(24,4)5/h6-9,11,13-14,21H,10,12,15-18H2,1-5H3/b11-7+. The number of hydrogen-bond donors (Lipinski definition) is 0. The van der Waals surface area contributed by atoms with Crippen molar-refractivity contribution < 1.29 is 14.4 Å². The van der Waals surface area contributed by atoms with Crippen molar-refractivity contribution in [1.29, 1.82) is 0 Å². The number of carbonyl (C=O) groups is 1. The van der Waals surface area contributed by atoms with E-state index in [0.717, 1.165) is 25.7 Å². The van der Waals surface area contributed by atoms with Crippen molar-refractivity contribution in [2.45, 2.75) is 83.9 Å². The summed E-state index contributed by atoms with van der Waals surface area (Å²) in [7, 11) is 0. The fraction of sp³-hybridized carbons (Fsp3) is 0.609. The molecule has 0 aliphatic carbocycles. The number of nitrogens with zero attached hydrogens (tertiary/aromatic N) is 1. The smallest absolute Gasteiger partial charge is 0.302 e. The molecule has 1 saturated heterocycles. The SMILES string of the molecule is CC(=O)OC/C=C/CCC(ON1C(C)(C)CCCC1(C)C)c1ccccc1. The summed E-state index contributed by atoms with van der Waals surface area (Å²) in [5, 5.41) is 2.24. The van der Waals surface area contributed by atoms with Crippen LogP contribution in [0.5, 0.6) is 0 Å². The molecule has 1 unspecified atom stereocenters. The number of hydrogen-bond acceptors (Lipinski definition) is 4. The van der Waals surface area contributed by atoms with Gasteiger partial charge in [0.2, 0.25) is 0 Å². The minimum Gasteiger partial charge on any atom is -0.462 e. The predicted molar refractivity (Wildman–Crippen MR) is 109 cm³/mol. The van der Waals surface area contributed by atoms with Crippen LogP contribution in [-0.2, 0) is 14.4 Å². The Morgan fingerprint density at radius 3 is 2.33 bits per heavy atom. The molecule has 1 aliphatic heterocycles. The molecule has 0 saturated carbocycles. The molecule has 150 valence electrons. The monoisotopic (exact) mass is 373 g/mol. The van der Waals surface area contributed by atoms with Gasteiger partial charge in [-0.15, -0.1) is 0 Å². The van der Waals surface area contributed by atoms with Gasteiger partial charge in [-0.1, -0.05) is 42.5 Å². The summed E-state index contributed by atoms with van der Waals surface area (Å²) in [4.78, 5) is 17.5. The van der Waals surface area contributed by atoms with Crippen LogP contribution < -0.4 is 0 Å². The normalized spacial score (nSPS) is 20.5. The topological polar surface area (TPSA) is 38.8 Å². The third-order valence-corrected chi connectivity index (χ3v) is 5.23. The molecule has 0 N–H and O–H groups in total. The summed E-state index contributed by atoms with van der Waals surface area (Å²) < 4.78 is 4.94. The second-order valence-electron chi connectivity index (χ2n) is 8.63. The first-order chi connectivity index (χ1) is 12.7. The first kappa shape index (κ1) is 21.6. The molecule has 1 aromatic carbocycles. The summed E-state index contributed by atoms with van der Waals surface area (Å²) in [5.41, 5.74) is 1.22. The van der Waals surface area contributed by atoms with Gasteiger partial charge in [0.25, 0.3) is 0 Å². The second-order valence-corrected chi connectivity index (χ2v) is 8.63. The van der Waals surface area contributed by atoms with E-state index in [9.17, 15) is 4.79 Å². The van der Waals surface area contributed by atoms with E-state index in [1.165, 1.54) is 18.9 Å². The Bertz CT molecular complexity index is 606. The molecule has 1 aromatic rings. The van der Waals surface area contributed by atoms with Crippen molar-refractivity contribution in [2.75, 3.05) is 6.61 Å². The van der Waals surface area contributed by atoms with Crippen molar-refractivity contribution in [1.82, 2.24) is 5.06 Å². The highest BCUT2D eigenvalue weighted by Gasteiger charge is 2.43. The number of piperidine rings is 1. The van der Waals surface area contributed by atoms with Crippen LogP contribution in [0.1, 0.15) is 78.4 Å². The molecule has 4 heteroatoms. The lowest BCUT2D eigenvalue weighted by atomic mass is 9.82. The predicted octanol–water partition coefficient (Wildman–Crippen LogP) is 5.60. The summed E-state index contributed by atoms with van der Waals surface area (Å²) >= 11 is 0. The van der Waals surface area contributed by atoms with Crippen LogP contribution in [0.2, 0.25) is 0 Å². The van der Waals surface area contributed by atoms with Crippen molar-refractivity contribution >= 4 is 5.97 Å². The molecule has 2 rings (SSSR count). The van der Waals surface area contributed by atoms with E-state index < -0.39 is 0 Å². The fourth-order valence-corrected chi connectivity index (χ4v) is 3.94. The lowest BCUT2D eigenvalue weighted by Crippen LogP contribution is -2.58. The highest BCUT2D eigenvalue weighted by molar-refractivity contribution is 5.65. The number of esters is 1. The average molecular weight is 374 g/mol. The van der Waals surface area contributed by atoms with Crippen LogP contribution in [0.25, 0.3) is 0 Å². The minimum absolute atomic E-state index is 0.00113. The van der Waals surface area contributed by atoms with Gasteiger partial charge in [-0.05, 0) is 65.4 Å². The highest BCUT2D eigenvalue weighted by atomic mass is 16.7. The van der Waals surface area contributed by atoms with Gasteiger partial charge >= 0.3 is 5.97 Å². The van der Waals surface area contributed by atoms with Gasteiger partial charge in [-0.25, -0.2) is 0 Å². The zero-order valence-electron chi connectivity index (χ0n) is 17.5. The Kier molecular flexibility index (Phi) is 7.63. The Balaban J connectivity index is 2.07. The van der Waals surface area contributed by atoms with Gasteiger partial charge in [0, 0.05) is 18.0 Å².